The van der Waals surface area contributed by atoms with E-state index in [2.05, 4.69) is 14.5 Å². The molecule has 3 aromatic heterocycles. The molecule has 6 rings (SSSR count). The second-order valence-electron chi connectivity index (χ2n) is 7.20. The number of para-hydroxylation sites is 2. The number of aromatic amines is 1. The fourth-order valence-corrected chi connectivity index (χ4v) is 4.41. The SMILES string of the molecule is COC(=O)c1cc2c3ccccc3n3c2c(n1)-c1[nH]c2ccccc2c(=O)c1C3. The van der Waals surface area contributed by atoms with Gasteiger partial charge in [-0.3, -0.25) is 4.79 Å². The molecule has 6 nitrogen and oxygen atoms in total. The lowest BCUT2D eigenvalue weighted by atomic mass is 10.0. The number of ether oxygens (including phenoxy) is 1. The van der Waals surface area contributed by atoms with Crippen LogP contribution in [-0.2, 0) is 11.3 Å². The quantitative estimate of drug-likeness (QED) is 0.439. The lowest BCUT2D eigenvalue weighted by Gasteiger charge is -2.20. The molecule has 4 heterocycles. The Morgan fingerprint density at radius 2 is 1.83 bits per heavy atom. The van der Waals surface area contributed by atoms with E-state index in [-0.39, 0.29) is 11.1 Å². The average molecular weight is 381 g/mol. The first-order valence-corrected chi connectivity index (χ1v) is 9.32. The number of benzene rings is 2. The lowest BCUT2D eigenvalue weighted by Crippen LogP contribution is -2.20. The van der Waals surface area contributed by atoms with E-state index in [1.807, 2.05) is 48.5 Å². The standard InChI is InChI=1S/C23H15N3O3/c1-29-23(28)17-10-14-12-6-3-5-9-18(12)26-11-15-19(20(25-17)21(14)26)24-16-8-4-2-7-13(16)22(15)27/h2-10H,11H2,1H3,(H,24,27). The van der Waals surface area contributed by atoms with Gasteiger partial charge in [0.15, 0.2) is 5.43 Å². The third-order valence-electron chi connectivity index (χ3n) is 5.70. The summed E-state index contributed by atoms with van der Waals surface area (Å²) in [5.41, 5.74) is 4.79. The van der Waals surface area contributed by atoms with Crippen LogP contribution in [0.15, 0.2) is 59.4 Å². The van der Waals surface area contributed by atoms with Crippen molar-refractivity contribution in [2.24, 2.45) is 0 Å². The zero-order valence-corrected chi connectivity index (χ0v) is 15.5. The van der Waals surface area contributed by atoms with Gasteiger partial charge >= 0.3 is 5.97 Å². The zero-order valence-electron chi connectivity index (χ0n) is 15.5. The van der Waals surface area contributed by atoms with Gasteiger partial charge in [0.2, 0.25) is 0 Å². The van der Waals surface area contributed by atoms with Crippen LogP contribution in [0.4, 0.5) is 0 Å². The Hall–Kier alpha value is -3.93. The fraction of sp³-hybridized carbons (Fsp3) is 0.0870. The number of hydrogen-bond acceptors (Lipinski definition) is 4. The van der Waals surface area contributed by atoms with Crippen molar-refractivity contribution < 1.29 is 9.53 Å². The summed E-state index contributed by atoms with van der Waals surface area (Å²) in [6, 6.07) is 17.2. The maximum Gasteiger partial charge on any atom is 0.356 e. The van der Waals surface area contributed by atoms with Crippen molar-refractivity contribution in [3.05, 3.63) is 76.1 Å². The minimum absolute atomic E-state index is 0.0174. The van der Waals surface area contributed by atoms with Crippen molar-refractivity contribution in [3.63, 3.8) is 0 Å². The highest BCUT2D eigenvalue weighted by atomic mass is 16.5. The maximum absolute atomic E-state index is 13.3. The van der Waals surface area contributed by atoms with E-state index in [0.29, 0.717) is 28.9 Å². The number of nitrogens with one attached hydrogen (secondary N) is 1. The molecule has 6 heteroatoms. The van der Waals surface area contributed by atoms with E-state index in [1.54, 1.807) is 6.07 Å². The second kappa shape index (κ2) is 5.54. The fourth-order valence-electron chi connectivity index (χ4n) is 4.41. The molecule has 0 saturated heterocycles. The van der Waals surface area contributed by atoms with Crippen molar-refractivity contribution in [2.45, 2.75) is 6.54 Å². The van der Waals surface area contributed by atoms with E-state index in [0.717, 1.165) is 27.3 Å². The molecule has 0 saturated carbocycles. The van der Waals surface area contributed by atoms with Crippen LogP contribution in [0.5, 0.6) is 0 Å². The first-order valence-electron chi connectivity index (χ1n) is 9.32. The number of nitrogens with zero attached hydrogens (tertiary/aromatic N) is 2. The van der Waals surface area contributed by atoms with Gasteiger partial charge in [-0.2, -0.15) is 0 Å². The lowest BCUT2D eigenvalue weighted by molar-refractivity contribution is 0.0594. The Morgan fingerprint density at radius 1 is 1.07 bits per heavy atom. The predicted octanol–water partition coefficient (Wildman–Crippen LogP) is 3.85. The summed E-state index contributed by atoms with van der Waals surface area (Å²) in [6.07, 6.45) is 0. The van der Waals surface area contributed by atoms with Crippen LogP contribution in [0.3, 0.4) is 0 Å². The number of rotatable bonds is 1. The highest BCUT2D eigenvalue weighted by Gasteiger charge is 2.28. The Bertz CT molecular complexity index is 1560. The number of methoxy groups -OCH3 is 1. The molecule has 0 aliphatic carbocycles. The number of carbonyl (C=O) groups is 1. The van der Waals surface area contributed by atoms with Gasteiger partial charge in [0.25, 0.3) is 0 Å². The normalized spacial score (nSPS) is 12.4. The number of carbonyl (C=O) groups excluding carboxylic acids is 1. The van der Waals surface area contributed by atoms with Crippen LogP contribution in [0.25, 0.3) is 44.1 Å². The molecule has 0 amide bonds. The van der Waals surface area contributed by atoms with Crippen LogP contribution in [0.1, 0.15) is 16.1 Å². The van der Waals surface area contributed by atoms with E-state index in [4.69, 9.17) is 4.74 Å². The zero-order chi connectivity index (χ0) is 19.7. The number of fused-ring (bicyclic) bond motifs is 6. The summed E-state index contributed by atoms with van der Waals surface area (Å²) < 4.78 is 7.03. The van der Waals surface area contributed by atoms with Gasteiger partial charge in [-0.05, 0) is 24.3 Å². The molecular weight excluding hydrogens is 366 g/mol. The summed E-state index contributed by atoms with van der Waals surface area (Å²) in [5, 5.41) is 2.58. The van der Waals surface area contributed by atoms with Crippen molar-refractivity contribution >= 4 is 38.7 Å². The van der Waals surface area contributed by atoms with Crippen molar-refractivity contribution in [2.75, 3.05) is 7.11 Å². The summed E-state index contributed by atoms with van der Waals surface area (Å²) in [5.74, 6) is -0.504. The summed E-state index contributed by atoms with van der Waals surface area (Å²) in [6.45, 7) is 0.450. The van der Waals surface area contributed by atoms with Crippen LogP contribution in [0, 0.1) is 0 Å². The largest absolute Gasteiger partial charge is 0.464 e. The molecule has 140 valence electrons. The van der Waals surface area contributed by atoms with Gasteiger partial charge in [-0.25, -0.2) is 9.78 Å². The Labute approximate surface area is 164 Å². The van der Waals surface area contributed by atoms with Crippen molar-refractivity contribution in [3.8, 4) is 11.4 Å². The molecule has 5 aromatic rings. The monoisotopic (exact) mass is 381 g/mol. The Morgan fingerprint density at radius 3 is 2.66 bits per heavy atom. The molecule has 0 atom stereocenters. The molecule has 2 aromatic carbocycles. The van der Waals surface area contributed by atoms with Crippen LogP contribution < -0.4 is 5.43 Å². The minimum Gasteiger partial charge on any atom is -0.464 e. The molecule has 0 fully saturated rings. The number of esters is 1. The second-order valence-corrected chi connectivity index (χ2v) is 7.20. The van der Waals surface area contributed by atoms with E-state index >= 15 is 0 Å². The van der Waals surface area contributed by atoms with Gasteiger partial charge in [-0.15, -0.1) is 0 Å². The van der Waals surface area contributed by atoms with Gasteiger partial charge in [0.05, 0.1) is 24.9 Å². The molecule has 1 N–H and O–H groups in total. The van der Waals surface area contributed by atoms with E-state index in [1.165, 1.54) is 7.11 Å². The topological polar surface area (TPSA) is 77.0 Å². The molecule has 1 aliphatic rings. The minimum atomic E-state index is -0.504. The Balaban J connectivity index is 1.84. The van der Waals surface area contributed by atoms with Gasteiger partial charge in [0.1, 0.15) is 11.4 Å². The molecule has 0 spiro atoms. The number of hydrogen-bond donors (Lipinski definition) is 1. The molecule has 0 unspecified atom stereocenters. The van der Waals surface area contributed by atoms with Crippen molar-refractivity contribution in [1.82, 2.24) is 14.5 Å². The van der Waals surface area contributed by atoms with Crippen LogP contribution in [-0.4, -0.2) is 27.6 Å². The number of H-pyrrole nitrogens is 1. The number of pyridine rings is 2. The molecule has 0 bridgehead atoms. The number of aromatic nitrogens is 3. The molecule has 0 radical (unpaired) electrons. The Kier molecular flexibility index (Phi) is 3.07. The predicted molar refractivity (Wildman–Crippen MR) is 111 cm³/mol. The van der Waals surface area contributed by atoms with Gasteiger partial charge < -0.3 is 14.3 Å². The van der Waals surface area contributed by atoms with Crippen molar-refractivity contribution in [1.29, 1.82) is 0 Å². The highest BCUT2D eigenvalue weighted by Crippen LogP contribution is 2.39. The third kappa shape index (κ3) is 2.03. The molecule has 29 heavy (non-hydrogen) atoms. The highest BCUT2D eigenvalue weighted by molar-refractivity contribution is 6.14. The van der Waals surface area contributed by atoms with E-state index < -0.39 is 5.97 Å². The molecular formula is C23H15N3O3. The van der Waals surface area contributed by atoms with Crippen LogP contribution in [0.2, 0.25) is 0 Å². The summed E-state index contributed by atoms with van der Waals surface area (Å²) in [4.78, 5) is 33.6. The smallest absolute Gasteiger partial charge is 0.356 e. The average Bonchev–Trinajstić information content (AvgIpc) is 3.09. The molecule has 1 aliphatic heterocycles. The third-order valence-corrected chi connectivity index (χ3v) is 5.70. The summed E-state index contributed by atoms with van der Waals surface area (Å²) >= 11 is 0. The first-order chi connectivity index (χ1) is 14.2. The van der Waals surface area contributed by atoms with E-state index in [9.17, 15) is 9.59 Å². The van der Waals surface area contributed by atoms with Crippen LogP contribution >= 0.6 is 0 Å². The summed E-state index contributed by atoms with van der Waals surface area (Å²) in [7, 11) is 1.34. The van der Waals surface area contributed by atoms with Gasteiger partial charge in [-0.1, -0.05) is 30.3 Å². The first kappa shape index (κ1) is 16.1. The maximum atomic E-state index is 13.3. The van der Waals surface area contributed by atoms with Gasteiger partial charge in [0, 0.05) is 32.8 Å².